The average Bonchev–Trinajstić information content (AvgIpc) is 2.41. The molecular formula is C16H29NO4. The molecule has 0 bridgehead atoms. The van der Waals surface area contributed by atoms with Crippen LogP contribution in [0.1, 0.15) is 46.0 Å². The average molecular weight is 299 g/mol. The summed E-state index contributed by atoms with van der Waals surface area (Å²) in [5, 5.41) is 12.8. The van der Waals surface area contributed by atoms with Crippen LogP contribution in [0.15, 0.2) is 11.3 Å². The Kier molecular flexibility index (Phi) is 9.10. The van der Waals surface area contributed by atoms with Gasteiger partial charge in [0.1, 0.15) is 0 Å². The summed E-state index contributed by atoms with van der Waals surface area (Å²) in [6.45, 7) is 6.79. The predicted molar refractivity (Wildman–Crippen MR) is 82.2 cm³/mol. The first-order valence-electron chi connectivity index (χ1n) is 7.98. The first-order valence-corrected chi connectivity index (χ1v) is 7.98. The number of carbonyl (C=O) groups excluding carboxylic acids is 1. The van der Waals surface area contributed by atoms with Gasteiger partial charge in [-0.25, -0.2) is 0 Å². The van der Waals surface area contributed by atoms with E-state index in [0.717, 1.165) is 12.8 Å². The van der Waals surface area contributed by atoms with Crippen molar-refractivity contribution in [2.45, 2.75) is 46.0 Å². The minimum atomic E-state index is 0.0154. The highest BCUT2D eigenvalue weighted by atomic mass is 16.5. The molecule has 1 aliphatic carbocycles. The number of hydrogen-bond donors (Lipinski definition) is 2. The van der Waals surface area contributed by atoms with Gasteiger partial charge in [-0.15, -0.1) is 0 Å². The fourth-order valence-electron chi connectivity index (χ4n) is 2.16. The van der Waals surface area contributed by atoms with Crippen molar-refractivity contribution in [3.63, 3.8) is 0 Å². The molecular weight excluding hydrogens is 270 g/mol. The lowest BCUT2D eigenvalue weighted by Gasteiger charge is -2.22. The molecule has 0 heterocycles. The lowest BCUT2D eigenvalue weighted by molar-refractivity contribution is -0.121. The maximum Gasteiger partial charge on any atom is 0.220 e. The number of aliphatic hydroxyl groups excluding tert-OH is 1. The third-order valence-electron chi connectivity index (χ3n) is 3.74. The van der Waals surface area contributed by atoms with E-state index in [2.05, 4.69) is 5.32 Å². The third kappa shape index (κ3) is 7.48. The van der Waals surface area contributed by atoms with Crippen LogP contribution in [0.25, 0.3) is 0 Å². The summed E-state index contributed by atoms with van der Waals surface area (Å²) < 4.78 is 10.5. The number of hydrogen-bond acceptors (Lipinski definition) is 4. The van der Waals surface area contributed by atoms with Crippen molar-refractivity contribution in [2.75, 3.05) is 33.0 Å². The fourth-order valence-corrected chi connectivity index (χ4v) is 2.16. The Morgan fingerprint density at radius 2 is 2.00 bits per heavy atom. The molecule has 1 aliphatic rings. The summed E-state index contributed by atoms with van der Waals surface area (Å²) in [5.41, 5.74) is 1.17. The van der Waals surface area contributed by atoms with Crippen molar-refractivity contribution in [1.29, 1.82) is 0 Å². The van der Waals surface area contributed by atoms with Gasteiger partial charge in [0.15, 0.2) is 0 Å². The van der Waals surface area contributed by atoms with Crippen molar-refractivity contribution >= 4 is 5.91 Å². The second-order valence-corrected chi connectivity index (χ2v) is 5.44. The Balaban J connectivity index is 2.01. The van der Waals surface area contributed by atoms with Crippen LogP contribution in [0.3, 0.4) is 0 Å². The van der Waals surface area contributed by atoms with Crippen LogP contribution < -0.4 is 5.32 Å². The Labute approximate surface area is 127 Å². The Morgan fingerprint density at radius 1 is 1.29 bits per heavy atom. The van der Waals surface area contributed by atoms with E-state index in [-0.39, 0.29) is 11.8 Å². The molecule has 5 nitrogen and oxygen atoms in total. The van der Waals surface area contributed by atoms with Crippen LogP contribution in [-0.2, 0) is 14.3 Å². The highest BCUT2D eigenvalue weighted by Gasteiger charge is 2.19. The van der Waals surface area contributed by atoms with E-state index in [1.54, 1.807) is 0 Å². The van der Waals surface area contributed by atoms with Crippen LogP contribution >= 0.6 is 0 Å². The monoisotopic (exact) mass is 299 g/mol. The summed E-state index contributed by atoms with van der Waals surface area (Å²) in [4.78, 5) is 11.7. The lowest BCUT2D eigenvalue weighted by atomic mass is 9.87. The van der Waals surface area contributed by atoms with Crippen molar-refractivity contribution in [3.8, 4) is 0 Å². The molecule has 21 heavy (non-hydrogen) atoms. The number of aliphatic hydroxyl groups is 1. The standard InChI is InChI=1S/C16H29NO4/c1-3-20-11-12-21-10-9-17-15(18)8-7-13(2)16(19)14-5-4-6-14/h13,19H,3-12H2,1-2H3,(H,17,18). The molecule has 0 aromatic rings. The van der Waals surface area contributed by atoms with Gasteiger partial charge in [-0.1, -0.05) is 6.92 Å². The van der Waals surface area contributed by atoms with Gasteiger partial charge >= 0.3 is 0 Å². The van der Waals surface area contributed by atoms with Crippen LogP contribution in [0.2, 0.25) is 0 Å². The minimum absolute atomic E-state index is 0.0154. The quantitative estimate of drug-likeness (QED) is 0.454. The van der Waals surface area contributed by atoms with E-state index in [0.29, 0.717) is 51.6 Å². The van der Waals surface area contributed by atoms with E-state index in [1.807, 2.05) is 13.8 Å². The summed E-state index contributed by atoms with van der Waals surface area (Å²) in [7, 11) is 0. The number of rotatable bonds is 11. The Hall–Kier alpha value is -1.07. The van der Waals surface area contributed by atoms with Crippen molar-refractivity contribution < 1.29 is 19.4 Å². The molecule has 0 aromatic carbocycles. The molecule has 0 aromatic heterocycles. The van der Waals surface area contributed by atoms with Gasteiger partial charge in [0, 0.05) is 25.5 Å². The van der Waals surface area contributed by atoms with Crippen LogP contribution in [0.4, 0.5) is 0 Å². The molecule has 1 saturated carbocycles. The highest BCUT2D eigenvalue weighted by Crippen LogP contribution is 2.31. The second kappa shape index (κ2) is 10.6. The molecule has 0 saturated heterocycles. The molecule has 0 aliphatic heterocycles. The third-order valence-corrected chi connectivity index (χ3v) is 3.74. The van der Waals surface area contributed by atoms with Gasteiger partial charge in [0.25, 0.3) is 0 Å². The molecule has 1 rings (SSSR count). The second-order valence-electron chi connectivity index (χ2n) is 5.44. The van der Waals surface area contributed by atoms with E-state index in [9.17, 15) is 9.90 Å². The molecule has 0 spiro atoms. The summed E-state index contributed by atoms with van der Waals surface area (Å²) in [6.07, 6.45) is 4.34. The van der Waals surface area contributed by atoms with E-state index >= 15 is 0 Å². The highest BCUT2D eigenvalue weighted by molar-refractivity contribution is 5.75. The van der Waals surface area contributed by atoms with Crippen molar-refractivity contribution in [1.82, 2.24) is 5.32 Å². The van der Waals surface area contributed by atoms with E-state index in [1.165, 1.54) is 12.0 Å². The van der Waals surface area contributed by atoms with Gasteiger partial charge < -0.3 is 19.9 Å². The van der Waals surface area contributed by atoms with Crippen molar-refractivity contribution in [2.24, 2.45) is 5.92 Å². The molecule has 1 unspecified atom stereocenters. The lowest BCUT2D eigenvalue weighted by Crippen LogP contribution is -2.28. The minimum Gasteiger partial charge on any atom is -0.512 e. The van der Waals surface area contributed by atoms with Crippen LogP contribution in [0.5, 0.6) is 0 Å². The fraction of sp³-hybridized carbons (Fsp3) is 0.812. The SMILES string of the molecule is CCOCCOCCNC(=O)CCC(C)C(O)=C1CCC1. The topological polar surface area (TPSA) is 67.8 Å². The number of carbonyl (C=O) groups is 1. The maximum atomic E-state index is 11.7. The molecule has 0 radical (unpaired) electrons. The summed E-state index contributed by atoms with van der Waals surface area (Å²) in [6, 6.07) is 0. The number of allylic oxidation sites excluding steroid dienone is 2. The van der Waals surface area contributed by atoms with E-state index in [4.69, 9.17) is 9.47 Å². The zero-order valence-electron chi connectivity index (χ0n) is 13.3. The summed E-state index contributed by atoms with van der Waals surface area (Å²) in [5.74, 6) is 0.600. The molecule has 5 heteroatoms. The Bertz CT molecular complexity index is 335. The Morgan fingerprint density at radius 3 is 2.62 bits per heavy atom. The van der Waals surface area contributed by atoms with Gasteiger partial charge in [-0.05, 0) is 38.2 Å². The molecule has 122 valence electrons. The zero-order valence-corrected chi connectivity index (χ0v) is 13.3. The molecule has 1 amide bonds. The number of ether oxygens (including phenoxy) is 2. The van der Waals surface area contributed by atoms with Crippen LogP contribution in [0, 0.1) is 5.92 Å². The summed E-state index contributed by atoms with van der Waals surface area (Å²) >= 11 is 0. The smallest absolute Gasteiger partial charge is 0.220 e. The van der Waals surface area contributed by atoms with Gasteiger partial charge in [0.05, 0.1) is 25.6 Å². The van der Waals surface area contributed by atoms with Gasteiger partial charge in [-0.2, -0.15) is 0 Å². The molecule has 1 atom stereocenters. The normalized spacial score (nSPS) is 15.4. The largest absolute Gasteiger partial charge is 0.512 e. The first-order chi connectivity index (χ1) is 10.1. The number of amides is 1. The zero-order chi connectivity index (χ0) is 15.5. The predicted octanol–water partition coefficient (Wildman–Crippen LogP) is 2.57. The number of nitrogens with one attached hydrogen (secondary N) is 1. The molecule has 1 fully saturated rings. The van der Waals surface area contributed by atoms with Crippen LogP contribution in [-0.4, -0.2) is 44.0 Å². The van der Waals surface area contributed by atoms with E-state index < -0.39 is 0 Å². The van der Waals surface area contributed by atoms with Crippen molar-refractivity contribution in [3.05, 3.63) is 11.3 Å². The maximum absolute atomic E-state index is 11.7. The van der Waals surface area contributed by atoms with Gasteiger partial charge in [-0.3, -0.25) is 4.79 Å². The first kappa shape index (κ1) is 18.0. The molecule has 2 N–H and O–H groups in total. The van der Waals surface area contributed by atoms with Gasteiger partial charge in [0.2, 0.25) is 5.91 Å².